The predicted molar refractivity (Wildman–Crippen MR) is 40.8 cm³/mol. The predicted octanol–water partition coefficient (Wildman–Crippen LogP) is 1.24. The summed E-state index contributed by atoms with van der Waals surface area (Å²) in [5.74, 6) is -0.318. The van der Waals surface area contributed by atoms with Crippen LogP contribution in [0.1, 0.15) is 19.8 Å². The summed E-state index contributed by atoms with van der Waals surface area (Å²) in [6.07, 6.45) is 2.50. The maximum atomic E-state index is 11.0. The van der Waals surface area contributed by atoms with E-state index in [1.807, 2.05) is 6.92 Å². The first kappa shape index (κ1) is 7.79. The van der Waals surface area contributed by atoms with Gasteiger partial charge in [-0.05, 0) is 12.8 Å². The van der Waals surface area contributed by atoms with E-state index in [4.69, 9.17) is 0 Å². The number of carbonyl (C=O) groups excluding carboxylic acids is 2. The van der Waals surface area contributed by atoms with Crippen LogP contribution < -0.4 is 0 Å². The van der Waals surface area contributed by atoms with Crippen molar-refractivity contribution in [1.82, 2.24) is 0 Å². The maximum Gasteiger partial charge on any atom is 0.199 e. The van der Waals surface area contributed by atoms with Crippen LogP contribution in [-0.4, -0.2) is 16.7 Å². The third-order valence-electron chi connectivity index (χ3n) is 1.67. The van der Waals surface area contributed by atoms with Gasteiger partial charge in [-0.2, -0.15) is 0 Å². The number of carbonyl (C=O) groups is 2. The Kier molecular flexibility index (Phi) is 2.49. The van der Waals surface area contributed by atoms with Gasteiger partial charge in [-0.15, -0.1) is 0 Å². The van der Waals surface area contributed by atoms with Crippen molar-refractivity contribution < 1.29 is 9.59 Å². The first-order valence-corrected chi connectivity index (χ1v) is 4.28. The van der Waals surface area contributed by atoms with Gasteiger partial charge in [0, 0.05) is 5.25 Å². The highest BCUT2D eigenvalue weighted by atomic mass is 32.2. The van der Waals surface area contributed by atoms with Crippen LogP contribution in [0.5, 0.6) is 0 Å². The average Bonchev–Trinajstić information content (AvgIpc) is 1.88. The number of thioether (sulfide) groups is 1. The average molecular weight is 158 g/mol. The molecule has 0 bridgehead atoms. The number of rotatable bonds is 1. The Hall–Kier alpha value is -0.310. The van der Waals surface area contributed by atoms with Gasteiger partial charge in [0.2, 0.25) is 0 Å². The van der Waals surface area contributed by atoms with E-state index >= 15 is 0 Å². The minimum absolute atomic E-state index is 0.0498. The van der Waals surface area contributed by atoms with Gasteiger partial charge in [-0.3, -0.25) is 4.79 Å². The summed E-state index contributed by atoms with van der Waals surface area (Å²) in [5.41, 5.74) is 0. The fourth-order valence-corrected chi connectivity index (χ4v) is 2.00. The lowest BCUT2D eigenvalue weighted by molar-refractivity contribution is -0.121. The third-order valence-corrected chi connectivity index (χ3v) is 2.84. The molecule has 1 aliphatic heterocycles. The van der Waals surface area contributed by atoms with Gasteiger partial charge in [-0.1, -0.05) is 18.7 Å². The molecule has 2 atom stereocenters. The van der Waals surface area contributed by atoms with E-state index < -0.39 is 0 Å². The summed E-state index contributed by atoms with van der Waals surface area (Å²) < 4.78 is 0. The second-order valence-electron chi connectivity index (χ2n) is 2.57. The largest absolute Gasteiger partial charge is 0.303 e. The van der Waals surface area contributed by atoms with E-state index in [-0.39, 0.29) is 11.0 Å². The van der Waals surface area contributed by atoms with Crippen molar-refractivity contribution in [2.45, 2.75) is 25.0 Å². The van der Waals surface area contributed by atoms with E-state index in [0.29, 0.717) is 5.25 Å². The van der Waals surface area contributed by atoms with Gasteiger partial charge >= 0.3 is 0 Å². The molecule has 1 fully saturated rings. The first-order valence-electron chi connectivity index (χ1n) is 3.40. The molecule has 1 rings (SSSR count). The minimum Gasteiger partial charge on any atom is -0.303 e. The fraction of sp³-hybridized carbons (Fsp3) is 0.714. The zero-order valence-electron chi connectivity index (χ0n) is 5.87. The molecular weight excluding hydrogens is 148 g/mol. The highest BCUT2D eigenvalue weighted by Gasteiger charge is 2.26. The molecule has 0 aromatic carbocycles. The normalized spacial score (nSPS) is 33.9. The quantitative estimate of drug-likeness (QED) is 0.425. The molecule has 0 aliphatic carbocycles. The van der Waals surface area contributed by atoms with E-state index in [9.17, 15) is 9.59 Å². The molecule has 56 valence electrons. The second kappa shape index (κ2) is 3.19. The molecule has 0 spiro atoms. The number of hydrogen-bond acceptors (Lipinski definition) is 3. The molecule has 2 unspecified atom stereocenters. The monoisotopic (exact) mass is 158 g/mol. The standard InChI is InChI=1S/C7H10O2S/c1-5-2-3-6(4-8)7(9)10-5/h4-6H,2-3H2,1H3. The summed E-state index contributed by atoms with van der Waals surface area (Å²) >= 11 is 1.30. The van der Waals surface area contributed by atoms with E-state index in [1.54, 1.807) is 0 Å². The van der Waals surface area contributed by atoms with Crippen LogP contribution >= 0.6 is 11.8 Å². The molecule has 0 radical (unpaired) electrons. The van der Waals surface area contributed by atoms with Crippen LogP contribution in [0.4, 0.5) is 0 Å². The molecule has 0 N–H and O–H groups in total. The summed E-state index contributed by atoms with van der Waals surface area (Å²) in [5, 5.41) is 0.456. The van der Waals surface area contributed by atoms with Gasteiger partial charge in [0.05, 0.1) is 5.92 Å². The topological polar surface area (TPSA) is 34.1 Å². The molecule has 10 heavy (non-hydrogen) atoms. The first-order chi connectivity index (χ1) is 4.74. The summed E-state index contributed by atoms with van der Waals surface area (Å²) in [6.45, 7) is 2.02. The Morgan fingerprint density at radius 1 is 1.60 bits per heavy atom. The van der Waals surface area contributed by atoms with Crippen molar-refractivity contribution in [3.05, 3.63) is 0 Å². The Labute approximate surface area is 64.4 Å². The summed E-state index contributed by atoms with van der Waals surface area (Å²) in [6, 6.07) is 0. The van der Waals surface area contributed by atoms with E-state index in [0.717, 1.165) is 19.1 Å². The highest BCUT2D eigenvalue weighted by molar-refractivity contribution is 8.14. The molecule has 1 aliphatic rings. The van der Waals surface area contributed by atoms with Crippen molar-refractivity contribution in [2.24, 2.45) is 5.92 Å². The Morgan fingerprint density at radius 2 is 2.30 bits per heavy atom. The van der Waals surface area contributed by atoms with Crippen LogP contribution in [0.3, 0.4) is 0 Å². The van der Waals surface area contributed by atoms with Gasteiger partial charge in [0.15, 0.2) is 5.12 Å². The zero-order chi connectivity index (χ0) is 7.56. The summed E-state index contributed by atoms with van der Waals surface area (Å²) in [7, 11) is 0. The maximum absolute atomic E-state index is 11.0. The summed E-state index contributed by atoms with van der Waals surface area (Å²) in [4.78, 5) is 21.2. The van der Waals surface area contributed by atoms with Gasteiger partial charge in [0.25, 0.3) is 0 Å². The molecule has 2 nitrogen and oxygen atoms in total. The molecule has 0 saturated carbocycles. The second-order valence-corrected chi connectivity index (χ2v) is 4.01. The van der Waals surface area contributed by atoms with Gasteiger partial charge < -0.3 is 4.79 Å². The Morgan fingerprint density at radius 3 is 2.80 bits per heavy atom. The lowest BCUT2D eigenvalue weighted by Crippen LogP contribution is -2.21. The SMILES string of the molecule is CC1CCC(C=O)C(=O)S1. The third kappa shape index (κ3) is 1.59. The van der Waals surface area contributed by atoms with Crippen LogP contribution in [0.2, 0.25) is 0 Å². The Balaban J connectivity index is 2.51. The molecule has 3 heteroatoms. The number of hydrogen-bond donors (Lipinski definition) is 0. The van der Waals surface area contributed by atoms with E-state index in [2.05, 4.69) is 0 Å². The van der Waals surface area contributed by atoms with Crippen molar-refractivity contribution in [3.63, 3.8) is 0 Å². The smallest absolute Gasteiger partial charge is 0.199 e. The molecule has 0 amide bonds. The van der Waals surface area contributed by atoms with Crippen molar-refractivity contribution in [2.75, 3.05) is 0 Å². The highest BCUT2D eigenvalue weighted by Crippen LogP contribution is 2.28. The van der Waals surface area contributed by atoms with Gasteiger partial charge in [-0.25, -0.2) is 0 Å². The van der Waals surface area contributed by atoms with Crippen LogP contribution in [0.25, 0.3) is 0 Å². The minimum atomic E-state index is -0.318. The van der Waals surface area contributed by atoms with E-state index in [1.165, 1.54) is 11.8 Å². The Bertz CT molecular complexity index is 156. The van der Waals surface area contributed by atoms with Crippen molar-refractivity contribution in [3.8, 4) is 0 Å². The number of aldehydes is 1. The zero-order valence-corrected chi connectivity index (χ0v) is 6.69. The molecule has 1 heterocycles. The molecule has 1 saturated heterocycles. The lowest BCUT2D eigenvalue weighted by atomic mass is 10.0. The van der Waals surface area contributed by atoms with Gasteiger partial charge in [0.1, 0.15) is 6.29 Å². The van der Waals surface area contributed by atoms with Crippen LogP contribution in [0, 0.1) is 5.92 Å². The molecule has 0 aromatic heterocycles. The van der Waals surface area contributed by atoms with Crippen molar-refractivity contribution >= 4 is 23.2 Å². The lowest BCUT2D eigenvalue weighted by Gasteiger charge is -2.19. The molecular formula is C7H10O2S. The van der Waals surface area contributed by atoms with Crippen molar-refractivity contribution in [1.29, 1.82) is 0 Å². The van der Waals surface area contributed by atoms with Crippen LogP contribution in [0.15, 0.2) is 0 Å². The fourth-order valence-electron chi connectivity index (χ4n) is 1.00. The van der Waals surface area contributed by atoms with Crippen LogP contribution in [-0.2, 0) is 9.59 Å². The molecule has 0 aromatic rings.